The summed E-state index contributed by atoms with van der Waals surface area (Å²) in [6, 6.07) is 4.94. The summed E-state index contributed by atoms with van der Waals surface area (Å²) in [5.74, 6) is 0. The first-order chi connectivity index (χ1) is 8.69. The van der Waals surface area contributed by atoms with Crippen molar-refractivity contribution >= 4 is 10.9 Å². The summed E-state index contributed by atoms with van der Waals surface area (Å²) in [7, 11) is 2.12. The summed E-state index contributed by atoms with van der Waals surface area (Å²) in [5.41, 5.74) is 11.7. The Morgan fingerprint density at radius 2 is 2.06 bits per heavy atom. The molecule has 96 valence electrons. The molecule has 2 aromatic rings. The van der Waals surface area contributed by atoms with Crippen LogP contribution in [0, 0.1) is 0 Å². The molecular weight excluding hydrogens is 222 g/mol. The average molecular weight is 243 g/mol. The van der Waals surface area contributed by atoms with Gasteiger partial charge < -0.3 is 15.6 Å². The average Bonchev–Trinajstić information content (AvgIpc) is 2.93. The lowest BCUT2D eigenvalue weighted by Gasteiger charge is -2.07. The van der Waals surface area contributed by atoms with Gasteiger partial charge in [-0.3, -0.25) is 0 Å². The third-order valence-electron chi connectivity index (χ3n) is 4.03. The van der Waals surface area contributed by atoms with E-state index in [0.29, 0.717) is 0 Å². The van der Waals surface area contributed by atoms with Gasteiger partial charge in [0.2, 0.25) is 0 Å². The van der Waals surface area contributed by atoms with Crippen molar-refractivity contribution < 1.29 is 0 Å². The number of rotatable bonds is 3. The fourth-order valence-corrected chi connectivity index (χ4v) is 2.85. The number of nitrogens with one attached hydrogen (secondary N) is 1. The van der Waals surface area contributed by atoms with E-state index in [1.807, 2.05) is 0 Å². The molecule has 3 rings (SSSR count). The van der Waals surface area contributed by atoms with Crippen LogP contribution in [0.25, 0.3) is 10.9 Å². The molecule has 3 nitrogen and oxygen atoms in total. The first-order valence-corrected chi connectivity index (χ1v) is 6.75. The van der Waals surface area contributed by atoms with Crippen LogP contribution in [0.1, 0.15) is 30.0 Å². The third kappa shape index (κ3) is 1.84. The first-order valence-electron chi connectivity index (χ1n) is 6.75. The Labute approximate surface area is 108 Å². The standard InChI is InChI=1S/C15H21N3/c1-3-13(16)4-12-9-18(2)15-6-11-8-17-7-10(11)5-14(12)15/h5-6,9,13,17H,3-4,7-8,16H2,1-2H3. The maximum Gasteiger partial charge on any atom is 0.0484 e. The number of nitrogens with two attached hydrogens (primary N) is 1. The number of aromatic nitrogens is 1. The molecule has 0 spiro atoms. The smallest absolute Gasteiger partial charge is 0.0484 e. The van der Waals surface area contributed by atoms with Crippen molar-refractivity contribution in [2.45, 2.75) is 38.9 Å². The monoisotopic (exact) mass is 243 g/mol. The Morgan fingerprint density at radius 3 is 2.78 bits per heavy atom. The zero-order valence-corrected chi connectivity index (χ0v) is 11.2. The van der Waals surface area contributed by atoms with Crippen molar-refractivity contribution in [1.29, 1.82) is 0 Å². The topological polar surface area (TPSA) is 43.0 Å². The van der Waals surface area contributed by atoms with Gasteiger partial charge in [-0.05, 0) is 41.7 Å². The number of nitrogens with zero attached hydrogens (tertiary/aromatic N) is 1. The van der Waals surface area contributed by atoms with Crippen molar-refractivity contribution in [3.8, 4) is 0 Å². The van der Waals surface area contributed by atoms with Gasteiger partial charge in [0.05, 0.1) is 0 Å². The highest BCUT2D eigenvalue weighted by Gasteiger charge is 2.15. The van der Waals surface area contributed by atoms with E-state index in [1.165, 1.54) is 27.6 Å². The number of hydrogen-bond acceptors (Lipinski definition) is 2. The van der Waals surface area contributed by atoms with E-state index in [2.05, 4.69) is 42.2 Å². The first kappa shape index (κ1) is 11.8. The molecule has 0 bridgehead atoms. The van der Waals surface area contributed by atoms with Crippen molar-refractivity contribution in [1.82, 2.24) is 9.88 Å². The van der Waals surface area contributed by atoms with E-state index in [9.17, 15) is 0 Å². The number of aryl methyl sites for hydroxylation is 1. The second kappa shape index (κ2) is 4.41. The third-order valence-corrected chi connectivity index (χ3v) is 4.03. The van der Waals surface area contributed by atoms with Crippen molar-refractivity contribution in [3.05, 3.63) is 35.0 Å². The molecule has 0 saturated carbocycles. The molecule has 1 aromatic heterocycles. The molecule has 1 unspecified atom stereocenters. The van der Waals surface area contributed by atoms with Crippen LogP contribution >= 0.6 is 0 Å². The van der Waals surface area contributed by atoms with E-state index in [1.54, 1.807) is 0 Å². The minimum absolute atomic E-state index is 0.266. The molecule has 1 aromatic carbocycles. The molecule has 1 aliphatic heterocycles. The molecule has 2 heterocycles. The van der Waals surface area contributed by atoms with Gasteiger partial charge in [-0.2, -0.15) is 0 Å². The van der Waals surface area contributed by atoms with Crippen LogP contribution in [-0.4, -0.2) is 10.6 Å². The molecular formula is C15H21N3. The molecule has 18 heavy (non-hydrogen) atoms. The van der Waals surface area contributed by atoms with Crippen molar-refractivity contribution in [2.75, 3.05) is 0 Å². The van der Waals surface area contributed by atoms with Gasteiger partial charge in [-0.15, -0.1) is 0 Å². The lowest BCUT2D eigenvalue weighted by molar-refractivity contribution is 0.647. The number of fused-ring (bicyclic) bond motifs is 2. The van der Waals surface area contributed by atoms with Crippen LogP contribution in [0.2, 0.25) is 0 Å². The van der Waals surface area contributed by atoms with Crippen LogP contribution in [0.3, 0.4) is 0 Å². The Morgan fingerprint density at radius 1 is 1.33 bits per heavy atom. The van der Waals surface area contributed by atoms with Crippen LogP contribution in [0.5, 0.6) is 0 Å². The molecule has 1 aliphatic rings. The normalized spacial score (nSPS) is 16.2. The van der Waals surface area contributed by atoms with Crippen LogP contribution in [0.15, 0.2) is 18.3 Å². The van der Waals surface area contributed by atoms with Crippen LogP contribution < -0.4 is 11.1 Å². The molecule has 0 aliphatic carbocycles. The fourth-order valence-electron chi connectivity index (χ4n) is 2.85. The lowest BCUT2D eigenvalue weighted by atomic mass is 10.0. The zero-order valence-electron chi connectivity index (χ0n) is 11.2. The Kier molecular flexibility index (Phi) is 2.88. The SMILES string of the molecule is CCC(N)Cc1cn(C)c2cc3c(cc12)CNC3. The van der Waals surface area contributed by atoms with Gasteiger partial charge in [0.25, 0.3) is 0 Å². The second-order valence-corrected chi connectivity index (χ2v) is 5.38. The van der Waals surface area contributed by atoms with Crippen molar-refractivity contribution in [3.63, 3.8) is 0 Å². The second-order valence-electron chi connectivity index (χ2n) is 5.38. The zero-order chi connectivity index (χ0) is 12.7. The molecule has 3 heteroatoms. The molecule has 0 fully saturated rings. The van der Waals surface area contributed by atoms with E-state index in [-0.39, 0.29) is 6.04 Å². The highest BCUT2D eigenvalue weighted by atomic mass is 14.9. The van der Waals surface area contributed by atoms with E-state index >= 15 is 0 Å². The molecule has 0 saturated heterocycles. The van der Waals surface area contributed by atoms with Gasteiger partial charge in [-0.1, -0.05) is 6.92 Å². The predicted molar refractivity (Wildman–Crippen MR) is 75.4 cm³/mol. The van der Waals surface area contributed by atoms with Gasteiger partial charge in [-0.25, -0.2) is 0 Å². The summed E-state index contributed by atoms with van der Waals surface area (Å²) in [6.07, 6.45) is 4.24. The minimum Gasteiger partial charge on any atom is -0.350 e. The van der Waals surface area contributed by atoms with Crippen molar-refractivity contribution in [2.24, 2.45) is 12.8 Å². The summed E-state index contributed by atoms with van der Waals surface area (Å²) in [4.78, 5) is 0. The maximum atomic E-state index is 6.10. The predicted octanol–water partition coefficient (Wildman–Crippen LogP) is 2.06. The summed E-state index contributed by atoms with van der Waals surface area (Å²) >= 11 is 0. The molecule has 1 atom stereocenters. The quantitative estimate of drug-likeness (QED) is 0.866. The summed E-state index contributed by atoms with van der Waals surface area (Å²) < 4.78 is 2.23. The van der Waals surface area contributed by atoms with E-state index in [4.69, 9.17) is 5.73 Å². The minimum atomic E-state index is 0.266. The molecule has 0 amide bonds. The fraction of sp³-hybridized carbons (Fsp3) is 0.467. The van der Waals surface area contributed by atoms with Gasteiger partial charge in [0.15, 0.2) is 0 Å². The number of hydrogen-bond donors (Lipinski definition) is 2. The van der Waals surface area contributed by atoms with E-state index in [0.717, 1.165) is 25.9 Å². The lowest BCUT2D eigenvalue weighted by Crippen LogP contribution is -2.21. The largest absolute Gasteiger partial charge is 0.350 e. The van der Waals surface area contributed by atoms with Gasteiger partial charge in [0, 0.05) is 43.3 Å². The Balaban J connectivity index is 2.10. The Hall–Kier alpha value is -1.32. The highest BCUT2D eigenvalue weighted by molar-refractivity contribution is 5.86. The molecule has 0 radical (unpaired) electrons. The van der Waals surface area contributed by atoms with Gasteiger partial charge in [0.1, 0.15) is 0 Å². The highest BCUT2D eigenvalue weighted by Crippen LogP contribution is 2.28. The number of benzene rings is 1. The van der Waals surface area contributed by atoms with Crippen LogP contribution in [-0.2, 0) is 26.6 Å². The van der Waals surface area contributed by atoms with E-state index < -0.39 is 0 Å². The molecule has 3 N–H and O–H groups in total. The van der Waals surface area contributed by atoms with Crippen LogP contribution in [0.4, 0.5) is 0 Å². The summed E-state index contributed by atoms with van der Waals surface area (Å²) in [6.45, 7) is 4.15. The Bertz CT molecular complexity index is 583. The summed E-state index contributed by atoms with van der Waals surface area (Å²) in [5, 5.41) is 4.79. The van der Waals surface area contributed by atoms with Gasteiger partial charge >= 0.3 is 0 Å². The maximum absolute atomic E-state index is 6.10.